The van der Waals surface area contributed by atoms with E-state index in [1.165, 1.54) is 51.4 Å². The predicted molar refractivity (Wildman–Crippen MR) is 109 cm³/mol. The largest absolute Gasteiger partial charge is 0.352 e. The van der Waals surface area contributed by atoms with Gasteiger partial charge in [-0.3, -0.25) is 9.79 Å². The van der Waals surface area contributed by atoms with Gasteiger partial charge in [-0.25, -0.2) is 0 Å². The molecule has 0 bridgehead atoms. The normalized spacial score (nSPS) is 24.0. The summed E-state index contributed by atoms with van der Waals surface area (Å²) in [6.07, 6.45) is 13.2. The molecule has 1 amide bonds. The van der Waals surface area contributed by atoms with Gasteiger partial charge in [0, 0.05) is 26.2 Å². The van der Waals surface area contributed by atoms with Crippen LogP contribution in [0.25, 0.3) is 0 Å². The summed E-state index contributed by atoms with van der Waals surface area (Å²) in [4.78, 5) is 18.7. The van der Waals surface area contributed by atoms with Gasteiger partial charge < -0.3 is 15.5 Å². The van der Waals surface area contributed by atoms with Crippen molar-refractivity contribution in [3.63, 3.8) is 0 Å². The quantitative estimate of drug-likeness (QED) is 0.397. The standard InChI is InChI=1S/C18H32N4O.HI/c1-19-17(20-13-16(23)21-15-7-8-15)22-12-6-11-18(14-22)9-4-2-3-5-10-18;/h15H,2-14H2,1H3,(H,19,20)(H,21,23);1H. The van der Waals surface area contributed by atoms with Crippen molar-refractivity contribution < 1.29 is 4.79 Å². The van der Waals surface area contributed by atoms with Gasteiger partial charge in [0.1, 0.15) is 0 Å². The van der Waals surface area contributed by atoms with Gasteiger partial charge >= 0.3 is 0 Å². The smallest absolute Gasteiger partial charge is 0.239 e. The van der Waals surface area contributed by atoms with Crippen LogP contribution in [-0.4, -0.2) is 49.5 Å². The molecule has 0 aromatic rings. The van der Waals surface area contributed by atoms with Crippen LogP contribution in [0.15, 0.2) is 4.99 Å². The number of carbonyl (C=O) groups excluding carboxylic acids is 1. The van der Waals surface area contributed by atoms with Gasteiger partial charge in [-0.15, -0.1) is 24.0 Å². The van der Waals surface area contributed by atoms with Crippen LogP contribution in [0.3, 0.4) is 0 Å². The van der Waals surface area contributed by atoms with Crippen LogP contribution >= 0.6 is 24.0 Å². The highest BCUT2D eigenvalue weighted by molar-refractivity contribution is 14.0. The summed E-state index contributed by atoms with van der Waals surface area (Å²) in [7, 11) is 1.83. The molecular formula is C18H33IN4O. The molecule has 24 heavy (non-hydrogen) atoms. The Hall–Kier alpha value is -0.530. The minimum atomic E-state index is 0. The highest BCUT2D eigenvalue weighted by Crippen LogP contribution is 2.42. The number of guanidine groups is 1. The molecule has 6 heteroatoms. The van der Waals surface area contributed by atoms with Crippen molar-refractivity contribution in [2.24, 2.45) is 10.4 Å². The Bertz CT molecular complexity index is 442. The molecule has 138 valence electrons. The van der Waals surface area contributed by atoms with Crippen LogP contribution in [0.4, 0.5) is 0 Å². The maximum Gasteiger partial charge on any atom is 0.239 e. The fraction of sp³-hybridized carbons (Fsp3) is 0.889. The van der Waals surface area contributed by atoms with Crippen molar-refractivity contribution in [3.05, 3.63) is 0 Å². The van der Waals surface area contributed by atoms with E-state index < -0.39 is 0 Å². The minimum Gasteiger partial charge on any atom is -0.352 e. The summed E-state index contributed by atoms with van der Waals surface area (Å²) in [6.45, 7) is 2.51. The van der Waals surface area contributed by atoms with Gasteiger partial charge in [0.25, 0.3) is 0 Å². The molecule has 1 spiro atoms. The van der Waals surface area contributed by atoms with E-state index >= 15 is 0 Å². The number of amides is 1. The first-order chi connectivity index (χ1) is 11.2. The fourth-order valence-electron chi connectivity index (χ4n) is 4.27. The van der Waals surface area contributed by atoms with Gasteiger partial charge in [0.2, 0.25) is 5.91 Å². The number of piperidine rings is 1. The van der Waals surface area contributed by atoms with Crippen LogP contribution in [0.5, 0.6) is 0 Å². The van der Waals surface area contributed by atoms with Gasteiger partial charge in [-0.2, -0.15) is 0 Å². The number of halogens is 1. The maximum atomic E-state index is 11.9. The molecule has 5 nitrogen and oxygen atoms in total. The monoisotopic (exact) mass is 448 g/mol. The zero-order chi connectivity index (χ0) is 16.1. The number of carbonyl (C=O) groups is 1. The third kappa shape index (κ3) is 5.49. The van der Waals surface area contributed by atoms with E-state index in [2.05, 4.69) is 20.5 Å². The molecule has 0 atom stereocenters. The molecule has 2 saturated carbocycles. The second-order valence-corrected chi connectivity index (χ2v) is 7.68. The molecule has 2 N–H and O–H groups in total. The molecule has 0 aromatic carbocycles. The second kappa shape index (κ2) is 9.25. The molecule has 1 heterocycles. The van der Waals surface area contributed by atoms with Gasteiger partial charge in [-0.05, 0) is 43.9 Å². The lowest BCUT2D eigenvalue weighted by Crippen LogP contribution is -2.52. The molecule has 1 aliphatic heterocycles. The van der Waals surface area contributed by atoms with Crippen LogP contribution in [-0.2, 0) is 4.79 Å². The first-order valence-electron chi connectivity index (χ1n) is 9.46. The molecule has 0 aromatic heterocycles. The topological polar surface area (TPSA) is 56.7 Å². The number of hydrogen-bond donors (Lipinski definition) is 2. The van der Waals surface area contributed by atoms with Crippen molar-refractivity contribution in [2.45, 2.75) is 70.3 Å². The Morgan fingerprint density at radius 1 is 1.12 bits per heavy atom. The average molecular weight is 448 g/mol. The maximum absolute atomic E-state index is 11.9. The predicted octanol–water partition coefficient (Wildman–Crippen LogP) is 2.89. The lowest BCUT2D eigenvalue weighted by molar-refractivity contribution is -0.120. The fourth-order valence-corrected chi connectivity index (χ4v) is 4.27. The molecule has 0 unspecified atom stereocenters. The molecular weight excluding hydrogens is 415 g/mol. The van der Waals surface area contributed by atoms with Gasteiger partial charge in [-0.1, -0.05) is 25.7 Å². The summed E-state index contributed by atoms with van der Waals surface area (Å²) < 4.78 is 0. The van der Waals surface area contributed by atoms with E-state index in [4.69, 9.17) is 0 Å². The number of aliphatic imine (C=N–C) groups is 1. The molecule has 2 aliphatic carbocycles. The third-order valence-electron chi connectivity index (χ3n) is 5.69. The number of likely N-dealkylation sites (tertiary alicyclic amines) is 1. The van der Waals surface area contributed by atoms with Crippen LogP contribution in [0.2, 0.25) is 0 Å². The van der Waals surface area contributed by atoms with Crippen molar-refractivity contribution in [3.8, 4) is 0 Å². The molecule has 1 saturated heterocycles. The minimum absolute atomic E-state index is 0. The van der Waals surface area contributed by atoms with E-state index in [9.17, 15) is 4.79 Å². The molecule has 0 radical (unpaired) electrons. The summed E-state index contributed by atoms with van der Waals surface area (Å²) in [6, 6.07) is 0.426. The summed E-state index contributed by atoms with van der Waals surface area (Å²) >= 11 is 0. The Labute approximate surface area is 163 Å². The van der Waals surface area contributed by atoms with E-state index in [0.29, 0.717) is 18.0 Å². The zero-order valence-electron chi connectivity index (χ0n) is 15.0. The zero-order valence-corrected chi connectivity index (χ0v) is 17.3. The third-order valence-corrected chi connectivity index (χ3v) is 5.69. The number of nitrogens with one attached hydrogen (secondary N) is 2. The number of hydrogen-bond acceptors (Lipinski definition) is 2. The SMILES string of the molecule is CN=C(NCC(=O)NC1CC1)N1CCCC2(CCCCCC2)C1.I. The summed E-state index contributed by atoms with van der Waals surface area (Å²) in [5, 5.41) is 6.30. The number of nitrogens with zero attached hydrogens (tertiary/aromatic N) is 2. The molecule has 3 aliphatic rings. The van der Waals surface area contributed by atoms with Gasteiger partial charge in [0.05, 0.1) is 6.54 Å². The summed E-state index contributed by atoms with van der Waals surface area (Å²) in [5.74, 6) is 0.995. The van der Waals surface area contributed by atoms with Crippen LogP contribution in [0.1, 0.15) is 64.2 Å². The van der Waals surface area contributed by atoms with Gasteiger partial charge in [0.15, 0.2) is 5.96 Å². The van der Waals surface area contributed by atoms with Crippen molar-refractivity contribution in [1.29, 1.82) is 0 Å². The molecule has 3 rings (SSSR count). The Kier molecular flexibility index (Phi) is 7.62. The summed E-state index contributed by atoms with van der Waals surface area (Å²) in [5.41, 5.74) is 0.489. The Morgan fingerprint density at radius 3 is 2.42 bits per heavy atom. The van der Waals surface area contributed by atoms with Crippen molar-refractivity contribution >= 4 is 35.8 Å². The Balaban J connectivity index is 0.00000208. The highest BCUT2D eigenvalue weighted by atomic mass is 127. The van der Waals surface area contributed by atoms with E-state index in [0.717, 1.165) is 31.9 Å². The van der Waals surface area contributed by atoms with Crippen LogP contribution < -0.4 is 10.6 Å². The van der Waals surface area contributed by atoms with Crippen LogP contribution in [0, 0.1) is 5.41 Å². The first kappa shape index (κ1) is 19.8. The van der Waals surface area contributed by atoms with E-state index in [1.54, 1.807) is 0 Å². The van der Waals surface area contributed by atoms with Crippen molar-refractivity contribution in [1.82, 2.24) is 15.5 Å². The first-order valence-corrected chi connectivity index (χ1v) is 9.46. The second-order valence-electron chi connectivity index (χ2n) is 7.68. The Morgan fingerprint density at radius 2 is 1.79 bits per heavy atom. The van der Waals surface area contributed by atoms with E-state index in [-0.39, 0.29) is 29.9 Å². The lowest BCUT2D eigenvalue weighted by Gasteiger charge is -2.44. The average Bonchev–Trinajstić information content (AvgIpc) is 3.37. The lowest BCUT2D eigenvalue weighted by atomic mass is 9.74. The van der Waals surface area contributed by atoms with Crippen molar-refractivity contribution in [2.75, 3.05) is 26.7 Å². The van der Waals surface area contributed by atoms with E-state index in [1.807, 2.05) is 7.05 Å². The highest BCUT2D eigenvalue weighted by Gasteiger charge is 2.36. The number of rotatable bonds is 3. The molecule has 3 fully saturated rings.